The number of rotatable bonds is 5. The van der Waals surface area contributed by atoms with E-state index in [1.807, 2.05) is 45.0 Å². The maximum Gasteiger partial charge on any atom is 0.243 e. The normalized spacial score (nSPS) is 12.0. The third kappa shape index (κ3) is 4.31. The van der Waals surface area contributed by atoms with Crippen LogP contribution in [-0.2, 0) is 4.79 Å². The molecule has 1 rings (SSSR count). The van der Waals surface area contributed by atoms with Gasteiger partial charge in [-0.2, -0.15) is 0 Å². The number of amides is 1. The van der Waals surface area contributed by atoms with Crippen molar-refractivity contribution >= 4 is 5.91 Å². The molecule has 1 atom stereocenters. The summed E-state index contributed by atoms with van der Waals surface area (Å²) in [5.41, 5.74) is 1.04. The number of nitrogens with one attached hydrogen (secondary N) is 1. The lowest BCUT2D eigenvalue weighted by Crippen LogP contribution is -2.24. The molecule has 92 valence electrons. The SMILES string of the molecule is C=CC(=O)NC(C)c1ccc(OC(C)C)cc1. The van der Waals surface area contributed by atoms with Crippen LogP contribution < -0.4 is 10.1 Å². The summed E-state index contributed by atoms with van der Waals surface area (Å²) in [5, 5.41) is 2.81. The van der Waals surface area contributed by atoms with Crippen LogP contribution in [-0.4, -0.2) is 12.0 Å². The van der Waals surface area contributed by atoms with Crippen molar-refractivity contribution in [1.29, 1.82) is 0 Å². The molecule has 0 saturated carbocycles. The minimum atomic E-state index is -0.167. The molecule has 0 aliphatic rings. The highest BCUT2D eigenvalue weighted by atomic mass is 16.5. The molecule has 17 heavy (non-hydrogen) atoms. The maximum atomic E-state index is 11.2. The third-order valence-electron chi connectivity index (χ3n) is 2.30. The largest absolute Gasteiger partial charge is 0.491 e. The van der Waals surface area contributed by atoms with Crippen molar-refractivity contribution in [3.05, 3.63) is 42.5 Å². The quantitative estimate of drug-likeness (QED) is 0.794. The van der Waals surface area contributed by atoms with Crippen LogP contribution in [0.4, 0.5) is 0 Å². The first-order valence-electron chi connectivity index (χ1n) is 5.72. The van der Waals surface area contributed by atoms with Gasteiger partial charge in [0.15, 0.2) is 0 Å². The van der Waals surface area contributed by atoms with Crippen LogP contribution in [0.5, 0.6) is 5.75 Å². The van der Waals surface area contributed by atoms with Gasteiger partial charge in [-0.15, -0.1) is 0 Å². The van der Waals surface area contributed by atoms with E-state index >= 15 is 0 Å². The van der Waals surface area contributed by atoms with E-state index in [1.54, 1.807) is 0 Å². The van der Waals surface area contributed by atoms with Gasteiger partial charge in [0, 0.05) is 0 Å². The lowest BCUT2D eigenvalue weighted by atomic mass is 10.1. The molecule has 0 aliphatic heterocycles. The number of benzene rings is 1. The molecule has 0 radical (unpaired) electrons. The Bertz CT molecular complexity index is 382. The van der Waals surface area contributed by atoms with Gasteiger partial charge >= 0.3 is 0 Å². The Kier molecular flexibility index (Phi) is 4.76. The van der Waals surface area contributed by atoms with Gasteiger partial charge in [0.1, 0.15) is 5.75 Å². The van der Waals surface area contributed by atoms with Crippen molar-refractivity contribution in [3.63, 3.8) is 0 Å². The Morgan fingerprint density at radius 1 is 1.29 bits per heavy atom. The average Bonchev–Trinajstić information content (AvgIpc) is 2.28. The van der Waals surface area contributed by atoms with Crippen LogP contribution >= 0.6 is 0 Å². The second kappa shape index (κ2) is 6.09. The summed E-state index contributed by atoms with van der Waals surface area (Å²) >= 11 is 0. The first-order chi connectivity index (χ1) is 8.02. The molecule has 0 saturated heterocycles. The fraction of sp³-hybridized carbons (Fsp3) is 0.357. The van der Waals surface area contributed by atoms with Gasteiger partial charge in [-0.3, -0.25) is 4.79 Å². The van der Waals surface area contributed by atoms with Crippen molar-refractivity contribution in [2.75, 3.05) is 0 Å². The van der Waals surface area contributed by atoms with Gasteiger partial charge < -0.3 is 10.1 Å². The van der Waals surface area contributed by atoms with Crippen LogP contribution in [0.2, 0.25) is 0 Å². The molecule has 0 spiro atoms. The van der Waals surface area contributed by atoms with Crippen molar-refractivity contribution in [2.24, 2.45) is 0 Å². The summed E-state index contributed by atoms with van der Waals surface area (Å²) in [6.45, 7) is 9.33. The Morgan fingerprint density at radius 2 is 1.88 bits per heavy atom. The predicted octanol–water partition coefficient (Wildman–Crippen LogP) is 2.84. The fourth-order valence-electron chi connectivity index (χ4n) is 1.46. The zero-order valence-electron chi connectivity index (χ0n) is 10.6. The second-order valence-electron chi connectivity index (χ2n) is 4.17. The van der Waals surface area contributed by atoms with Crippen molar-refractivity contribution in [1.82, 2.24) is 5.32 Å². The number of hydrogen-bond donors (Lipinski definition) is 1. The van der Waals surface area contributed by atoms with Crippen LogP contribution in [0, 0.1) is 0 Å². The van der Waals surface area contributed by atoms with E-state index in [0.29, 0.717) is 0 Å². The number of carbonyl (C=O) groups excluding carboxylic acids is 1. The van der Waals surface area contributed by atoms with Crippen LogP contribution in [0.25, 0.3) is 0 Å². The van der Waals surface area contributed by atoms with Gasteiger partial charge in [-0.25, -0.2) is 0 Å². The molecule has 1 amide bonds. The van der Waals surface area contributed by atoms with Gasteiger partial charge in [0.05, 0.1) is 12.1 Å². The van der Waals surface area contributed by atoms with E-state index in [0.717, 1.165) is 11.3 Å². The van der Waals surface area contributed by atoms with E-state index in [2.05, 4.69) is 11.9 Å². The molecular formula is C14H19NO2. The minimum absolute atomic E-state index is 0.0337. The first-order valence-corrected chi connectivity index (χ1v) is 5.72. The number of hydrogen-bond acceptors (Lipinski definition) is 2. The molecule has 1 N–H and O–H groups in total. The summed E-state index contributed by atoms with van der Waals surface area (Å²) in [7, 11) is 0. The maximum absolute atomic E-state index is 11.2. The first kappa shape index (κ1) is 13.3. The van der Waals surface area contributed by atoms with E-state index in [9.17, 15) is 4.79 Å². The monoisotopic (exact) mass is 233 g/mol. The van der Waals surface area contributed by atoms with Crippen LogP contribution in [0.15, 0.2) is 36.9 Å². The molecule has 1 aromatic carbocycles. The van der Waals surface area contributed by atoms with E-state index in [1.165, 1.54) is 6.08 Å². The molecule has 3 heteroatoms. The summed E-state index contributed by atoms with van der Waals surface area (Å²) in [6, 6.07) is 7.68. The van der Waals surface area contributed by atoms with E-state index in [4.69, 9.17) is 4.74 Å². The Hall–Kier alpha value is -1.77. The topological polar surface area (TPSA) is 38.3 Å². The second-order valence-corrected chi connectivity index (χ2v) is 4.17. The Morgan fingerprint density at radius 3 is 2.35 bits per heavy atom. The molecule has 0 aliphatic carbocycles. The van der Waals surface area contributed by atoms with Gasteiger partial charge in [0.2, 0.25) is 5.91 Å². The molecule has 0 bridgehead atoms. The highest BCUT2D eigenvalue weighted by molar-refractivity contribution is 5.87. The molecule has 1 aromatic rings. The van der Waals surface area contributed by atoms with E-state index in [-0.39, 0.29) is 18.1 Å². The summed E-state index contributed by atoms with van der Waals surface area (Å²) in [5.74, 6) is 0.672. The number of carbonyl (C=O) groups is 1. The standard InChI is InChI=1S/C14H19NO2/c1-5-14(16)15-11(4)12-6-8-13(9-7-12)17-10(2)3/h5-11H,1H2,2-4H3,(H,15,16). The van der Waals surface area contributed by atoms with Gasteiger partial charge in [0.25, 0.3) is 0 Å². The third-order valence-corrected chi connectivity index (χ3v) is 2.30. The summed E-state index contributed by atoms with van der Waals surface area (Å²) in [4.78, 5) is 11.2. The van der Waals surface area contributed by atoms with Crippen LogP contribution in [0.1, 0.15) is 32.4 Å². The lowest BCUT2D eigenvalue weighted by molar-refractivity contribution is -0.117. The highest BCUT2D eigenvalue weighted by Crippen LogP contribution is 2.18. The molecule has 3 nitrogen and oxygen atoms in total. The zero-order chi connectivity index (χ0) is 12.8. The average molecular weight is 233 g/mol. The predicted molar refractivity (Wildman–Crippen MR) is 69.0 cm³/mol. The van der Waals surface area contributed by atoms with Crippen LogP contribution in [0.3, 0.4) is 0 Å². The van der Waals surface area contributed by atoms with Crippen molar-refractivity contribution < 1.29 is 9.53 Å². The fourth-order valence-corrected chi connectivity index (χ4v) is 1.46. The highest BCUT2D eigenvalue weighted by Gasteiger charge is 2.07. The van der Waals surface area contributed by atoms with Gasteiger partial charge in [-0.05, 0) is 44.5 Å². The van der Waals surface area contributed by atoms with Gasteiger partial charge in [-0.1, -0.05) is 18.7 Å². The molecule has 0 fully saturated rings. The molecule has 1 unspecified atom stereocenters. The molecular weight excluding hydrogens is 214 g/mol. The summed E-state index contributed by atoms with van der Waals surface area (Å²) < 4.78 is 5.55. The van der Waals surface area contributed by atoms with Crippen molar-refractivity contribution in [3.8, 4) is 5.75 Å². The summed E-state index contributed by atoms with van der Waals surface area (Å²) in [6.07, 6.45) is 1.44. The smallest absolute Gasteiger partial charge is 0.243 e. The minimum Gasteiger partial charge on any atom is -0.491 e. The molecule has 0 aromatic heterocycles. The Labute approximate surface area is 102 Å². The van der Waals surface area contributed by atoms with E-state index < -0.39 is 0 Å². The Balaban J connectivity index is 2.66. The number of ether oxygens (including phenoxy) is 1. The lowest BCUT2D eigenvalue weighted by Gasteiger charge is -2.14. The van der Waals surface area contributed by atoms with Crippen molar-refractivity contribution in [2.45, 2.75) is 32.9 Å². The molecule has 0 heterocycles. The zero-order valence-corrected chi connectivity index (χ0v) is 10.6.